The third-order valence-electron chi connectivity index (χ3n) is 4.89. The second-order valence-electron chi connectivity index (χ2n) is 6.72. The lowest BCUT2D eigenvalue weighted by atomic mass is 10.0. The largest absolute Gasteiger partial charge is 0.497 e. The summed E-state index contributed by atoms with van der Waals surface area (Å²) in [6.45, 7) is 4.10. The summed E-state index contributed by atoms with van der Waals surface area (Å²) in [5.74, 6) is 1.86. The van der Waals surface area contributed by atoms with Crippen molar-refractivity contribution in [2.45, 2.75) is 25.6 Å². The molecule has 2 atom stereocenters. The summed E-state index contributed by atoms with van der Waals surface area (Å²) in [6, 6.07) is 18.5. The first-order valence-electron chi connectivity index (χ1n) is 9.10. The van der Waals surface area contributed by atoms with E-state index in [0.717, 1.165) is 11.3 Å². The molecule has 1 saturated heterocycles. The van der Waals surface area contributed by atoms with Crippen LogP contribution in [0.2, 0.25) is 0 Å². The lowest BCUT2D eigenvalue weighted by Gasteiger charge is -2.39. The first-order chi connectivity index (χ1) is 13.2. The minimum absolute atomic E-state index is 0.169. The maximum atomic E-state index is 5.94. The average Bonchev–Trinajstić information content (AvgIpc) is 3.19. The van der Waals surface area contributed by atoms with E-state index in [1.165, 1.54) is 5.56 Å². The highest BCUT2D eigenvalue weighted by molar-refractivity contribution is 5.55. The lowest BCUT2D eigenvalue weighted by molar-refractivity contribution is -0.0522. The van der Waals surface area contributed by atoms with Gasteiger partial charge in [0.2, 0.25) is 11.8 Å². The Morgan fingerprint density at radius 3 is 2.74 bits per heavy atom. The highest BCUT2D eigenvalue weighted by Crippen LogP contribution is 2.30. The van der Waals surface area contributed by atoms with E-state index in [-0.39, 0.29) is 12.1 Å². The van der Waals surface area contributed by atoms with Gasteiger partial charge in [-0.15, -0.1) is 10.2 Å². The summed E-state index contributed by atoms with van der Waals surface area (Å²) < 4.78 is 17.0. The van der Waals surface area contributed by atoms with Crippen LogP contribution in [-0.2, 0) is 11.3 Å². The molecule has 27 heavy (non-hydrogen) atoms. The molecule has 0 spiro atoms. The van der Waals surface area contributed by atoms with E-state index < -0.39 is 0 Å². The topological polar surface area (TPSA) is 60.6 Å². The molecule has 0 radical (unpaired) electrons. The number of rotatable bonds is 5. The predicted octanol–water partition coefficient (Wildman–Crippen LogP) is 3.71. The number of ether oxygens (including phenoxy) is 2. The van der Waals surface area contributed by atoms with Crippen LogP contribution in [0.3, 0.4) is 0 Å². The van der Waals surface area contributed by atoms with Crippen molar-refractivity contribution < 1.29 is 13.9 Å². The van der Waals surface area contributed by atoms with Gasteiger partial charge in [-0.05, 0) is 30.7 Å². The van der Waals surface area contributed by atoms with E-state index in [9.17, 15) is 0 Å². The Labute approximate surface area is 158 Å². The molecule has 2 aromatic carbocycles. The normalized spacial score (nSPS) is 20.5. The molecule has 1 aliphatic heterocycles. The van der Waals surface area contributed by atoms with Gasteiger partial charge in [0, 0.05) is 11.6 Å². The van der Waals surface area contributed by atoms with E-state index in [1.807, 2.05) is 30.3 Å². The van der Waals surface area contributed by atoms with Crippen LogP contribution in [0, 0.1) is 0 Å². The van der Waals surface area contributed by atoms with Crippen LogP contribution < -0.4 is 4.74 Å². The van der Waals surface area contributed by atoms with Crippen LogP contribution in [0.4, 0.5) is 0 Å². The maximum absolute atomic E-state index is 5.94. The van der Waals surface area contributed by atoms with Crippen molar-refractivity contribution in [2.24, 2.45) is 0 Å². The van der Waals surface area contributed by atoms with Gasteiger partial charge < -0.3 is 13.9 Å². The van der Waals surface area contributed by atoms with Gasteiger partial charge in [-0.3, -0.25) is 4.90 Å². The van der Waals surface area contributed by atoms with E-state index in [1.54, 1.807) is 7.11 Å². The molecule has 0 N–H and O–H groups in total. The number of morpholine rings is 1. The first kappa shape index (κ1) is 17.7. The second-order valence-corrected chi connectivity index (χ2v) is 6.72. The fraction of sp³-hybridized carbons (Fsp3) is 0.333. The number of hydrogen-bond donors (Lipinski definition) is 0. The van der Waals surface area contributed by atoms with Gasteiger partial charge in [-0.1, -0.05) is 36.4 Å². The fourth-order valence-corrected chi connectivity index (χ4v) is 3.42. The summed E-state index contributed by atoms with van der Waals surface area (Å²) >= 11 is 0. The fourth-order valence-electron chi connectivity index (χ4n) is 3.42. The van der Waals surface area contributed by atoms with Gasteiger partial charge in [-0.2, -0.15) is 0 Å². The summed E-state index contributed by atoms with van der Waals surface area (Å²) in [7, 11) is 1.64. The van der Waals surface area contributed by atoms with Crippen molar-refractivity contribution in [3.63, 3.8) is 0 Å². The van der Waals surface area contributed by atoms with E-state index in [0.29, 0.717) is 31.5 Å². The summed E-state index contributed by atoms with van der Waals surface area (Å²) in [5, 5.41) is 8.48. The second kappa shape index (κ2) is 7.90. The molecular weight excluding hydrogens is 342 g/mol. The Bertz CT molecular complexity index is 881. The summed E-state index contributed by atoms with van der Waals surface area (Å²) in [6.07, 6.45) is 0. The molecule has 2 unspecified atom stereocenters. The third-order valence-corrected chi connectivity index (χ3v) is 4.89. The Kier molecular flexibility index (Phi) is 5.18. The van der Waals surface area contributed by atoms with Crippen molar-refractivity contribution in [1.82, 2.24) is 15.1 Å². The molecule has 1 aliphatic rings. The molecule has 0 bridgehead atoms. The highest BCUT2D eigenvalue weighted by Gasteiger charge is 2.31. The lowest BCUT2D eigenvalue weighted by Crippen LogP contribution is -2.45. The zero-order valence-corrected chi connectivity index (χ0v) is 15.5. The molecule has 140 valence electrons. The van der Waals surface area contributed by atoms with Crippen LogP contribution in [0.1, 0.15) is 24.4 Å². The monoisotopic (exact) mass is 365 g/mol. The standard InChI is InChI=1S/C21H23N3O3/c1-15-13-26-14-19(16-7-4-3-5-8-16)24(15)12-20-22-23-21(27-20)17-9-6-10-18(11-17)25-2/h3-11,15,19H,12-14H2,1-2H3. The maximum Gasteiger partial charge on any atom is 0.247 e. The van der Waals surface area contributed by atoms with Gasteiger partial charge in [-0.25, -0.2) is 0 Å². The van der Waals surface area contributed by atoms with Crippen molar-refractivity contribution in [3.05, 3.63) is 66.1 Å². The van der Waals surface area contributed by atoms with E-state index in [4.69, 9.17) is 13.9 Å². The Morgan fingerprint density at radius 2 is 1.93 bits per heavy atom. The van der Waals surface area contributed by atoms with Crippen LogP contribution in [-0.4, -0.2) is 41.5 Å². The van der Waals surface area contributed by atoms with Crippen LogP contribution in [0.25, 0.3) is 11.5 Å². The molecular formula is C21H23N3O3. The van der Waals surface area contributed by atoms with Gasteiger partial charge in [0.25, 0.3) is 0 Å². The van der Waals surface area contributed by atoms with Gasteiger partial charge in [0.1, 0.15) is 5.75 Å². The quantitative estimate of drug-likeness (QED) is 0.687. The van der Waals surface area contributed by atoms with E-state index in [2.05, 4.69) is 46.3 Å². The van der Waals surface area contributed by atoms with Crippen molar-refractivity contribution in [2.75, 3.05) is 20.3 Å². The van der Waals surface area contributed by atoms with Gasteiger partial charge >= 0.3 is 0 Å². The molecule has 4 rings (SSSR count). The van der Waals surface area contributed by atoms with Crippen molar-refractivity contribution in [3.8, 4) is 17.2 Å². The van der Waals surface area contributed by atoms with Crippen LogP contribution in [0.15, 0.2) is 59.0 Å². The molecule has 2 heterocycles. The Hall–Kier alpha value is -2.70. The molecule has 6 nitrogen and oxygen atoms in total. The van der Waals surface area contributed by atoms with Gasteiger partial charge in [0.15, 0.2) is 0 Å². The average molecular weight is 365 g/mol. The number of benzene rings is 2. The molecule has 0 amide bonds. The van der Waals surface area contributed by atoms with Gasteiger partial charge in [0.05, 0.1) is 32.9 Å². The zero-order chi connectivity index (χ0) is 18.6. The van der Waals surface area contributed by atoms with Crippen molar-refractivity contribution >= 4 is 0 Å². The van der Waals surface area contributed by atoms with Crippen LogP contribution in [0.5, 0.6) is 5.75 Å². The number of nitrogens with zero attached hydrogens (tertiary/aromatic N) is 3. The first-order valence-corrected chi connectivity index (χ1v) is 9.10. The van der Waals surface area contributed by atoms with Crippen molar-refractivity contribution in [1.29, 1.82) is 0 Å². The molecule has 1 aromatic heterocycles. The Balaban J connectivity index is 1.56. The summed E-state index contributed by atoms with van der Waals surface area (Å²) in [5.41, 5.74) is 2.08. The molecule has 6 heteroatoms. The highest BCUT2D eigenvalue weighted by atomic mass is 16.5. The smallest absolute Gasteiger partial charge is 0.247 e. The minimum Gasteiger partial charge on any atom is -0.497 e. The number of hydrogen-bond acceptors (Lipinski definition) is 6. The van der Waals surface area contributed by atoms with Crippen LogP contribution >= 0.6 is 0 Å². The minimum atomic E-state index is 0.169. The predicted molar refractivity (Wildman–Crippen MR) is 101 cm³/mol. The zero-order valence-electron chi connectivity index (χ0n) is 15.5. The number of aromatic nitrogens is 2. The number of methoxy groups -OCH3 is 1. The third kappa shape index (κ3) is 3.86. The molecule has 0 aliphatic carbocycles. The molecule has 3 aromatic rings. The molecule has 0 saturated carbocycles. The molecule has 1 fully saturated rings. The summed E-state index contributed by atoms with van der Waals surface area (Å²) in [4.78, 5) is 2.36. The van der Waals surface area contributed by atoms with E-state index >= 15 is 0 Å². The Morgan fingerprint density at radius 1 is 1.07 bits per heavy atom. The SMILES string of the molecule is COc1cccc(-c2nnc(CN3C(C)COCC3c3ccccc3)o2)c1.